The van der Waals surface area contributed by atoms with Crippen molar-refractivity contribution in [2.45, 2.75) is 0 Å². The van der Waals surface area contributed by atoms with Crippen molar-refractivity contribution < 1.29 is 18.4 Å². The van der Waals surface area contributed by atoms with Crippen LogP contribution in [-0.4, -0.2) is 31.3 Å². The summed E-state index contributed by atoms with van der Waals surface area (Å²) in [7, 11) is 0. The van der Waals surface area contributed by atoms with E-state index in [0.717, 1.165) is 6.07 Å². The number of imidazole rings is 1. The van der Waals surface area contributed by atoms with Crippen molar-refractivity contribution in [2.24, 2.45) is 0 Å². The van der Waals surface area contributed by atoms with Gasteiger partial charge in [0, 0.05) is 23.6 Å². The number of fused-ring (bicyclic) bond motifs is 1. The first-order valence-corrected chi connectivity index (χ1v) is 10.9. The van der Waals surface area contributed by atoms with E-state index in [4.69, 9.17) is 11.6 Å². The summed E-state index contributed by atoms with van der Waals surface area (Å²) < 4.78 is 30.2. The summed E-state index contributed by atoms with van der Waals surface area (Å²) in [6.45, 7) is 0. The maximum atomic E-state index is 15.2. The Kier molecular flexibility index (Phi) is 6.09. The molecule has 0 bridgehead atoms. The average Bonchev–Trinajstić information content (AvgIpc) is 3.42. The highest BCUT2D eigenvalue weighted by Crippen LogP contribution is 2.24. The summed E-state index contributed by atoms with van der Waals surface area (Å²) in [6.07, 6.45) is 6.45. The fourth-order valence-electron chi connectivity index (χ4n) is 3.48. The predicted octanol–water partition coefficient (Wildman–Crippen LogP) is 5.62. The largest absolute Gasteiger partial charge is 0.323 e. The van der Waals surface area contributed by atoms with Crippen molar-refractivity contribution in [1.29, 1.82) is 0 Å². The predicted molar refractivity (Wildman–Crippen MR) is 131 cm³/mol. The molecule has 0 aliphatic heterocycles. The van der Waals surface area contributed by atoms with Gasteiger partial charge in [0.2, 0.25) is 0 Å². The number of carbonyl (C=O) groups is 2. The van der Waals surface area contributed by atoms with Crippen molar-refractivity contribution in [3.8, 4) is 5.82 Å². The van der Waals surface area contributed by atoms with Crippen molar-refractivity contribution in [3.63, 3.8) is 0 Å². The zero-order valence-electron chi connectivity index (χ0n) is 18.2. The van der Waals surface area contributed by atoms with Gasteiger partial charge >= 0.3 is 6.03 Å². The minimum Gasteiger partial charge on any atom is -0.308 e. The van der Waals surface area contributed by atoms with Gasteiger partial charge in [-0.2, -0.15) is 0 Å². The van der Waals surface area contributed by atoms with Crippen LogP contribution in [0.1, 0.15) is 15.9 Å². The van der Waals surface area contributed by atoms with Crippen LogP contribution in [0.4, 0.5) is 25.0 Å². The van der Waals surface area contributed by atoms with Crippen LogP contribution in [0.2, 0.25) is 5.02 Å². The lowest BCUT2D eigenvalue weighted by Crippen LogP contribution is -2.21. The number of aromatic nitrogens is 4. The fourth-order valence-corrected chi connectivity index (χ4v) is 3.66. The van der Waals surface area contributed by atoms with E-state index in [9.17, 15) is 14.0 Å². The molecule has 2 amide bonds. The van der Waals surface area contributed by atoms with E-state index >= 15 is 4.39 Å². The third-order valence-electron chi connectivity index (χ3n) is 5.23. The van der Waals surface area contributed by atoms with E-state index in [0.29, 0.717) is 16.9 Å². The summed E-state index contributed by atoms with van der Waals surface area (Å²) in [5.41, 5.74) is 0.952. The molecule has 2 aromatic heterocycles. The van der Waals surface area contributed by atoms with Gasteiger partial charge in [0.25, 0.3) is 0 Å². The number of urea groups is 1. The molecular formula is C25H15ClF2N6O2. The second-order valence-electron chi connectivity index (χ2n) is 7.61. The van der Waals surface area contributed by atoms with E-state index in [2.05, 4.69) is 25.6 Å². The topological polar surface area (TPSA) is 102 Å². The number of amides is 2. The molecule has 0 aliphatic rings. The number of anilines is 2. The Labute approximate surface area is 207 Å². The molecule has 8 nitrogen and oxygen atoms in total. The second kappa shape index (κ2) is 9.51. The molecule has 11 heteroatoms. The first-order chi connectivity index (χ1) is 17.4. The normalized spacial score (nSPS) is 10.9. The number of hydrogen-bond acceptors (Lipinski definition) is 5. The van der Waals surface area contributed by atoms with Crippen LogP contribution in [0.3, 0.4) is 0 Å². The standard InChI is InChI=1S/C25H15ClF2N6O2/c26-17-11-15(5-6-18(17)27)31-25(36)33-20-3-1-2-16(23(20)28)24(35)14-4-7-19-21(10-14)32-22(12-30-19)34-9-8-29-13-34/h1-13H,(H2,31,33,36). The molecule has 0 atom stereocenters. The Balaban J connectivity index is 1.39. The quantitative estimate of drug-likeness (QED) is 0.302. The molecule has 3 aromatic carbocycles. The van der Waals surface area contributed by atoms with Crippen LogP contribution in [0, 0.1) is 11.6 Å². The van der Waals surface area contributed by atoms with E-state index in [1.165, 1.54) is 42.5 Å². The van der Waals surface area contributed by atoms with Gasteiger partial charge in [-0.05, 0) is 48.5 Å². The molecule has 178 valence electrons. The maximum absolute atomic E-state index is 15.2. The zero-order valence-corrected chi connectivity index (χ0v) is 19.0. The number of rotatable bonds is 5. The van der Waals surface area contributed by atoms with Gasteiger partial charge in [-0.15, -0.1) is 0 Å². The van der Waals surface area contributed by atoms with Gasteiger partial charge in [0.15, 0.2) is 17.4 Å². The summed E-state index contributed by atoms with van der Waals surface area (Å²) in [4.78, 5) is 38.3. The number of hydrogen-bond donors (Lipinski definition) is 2. The SMILES string of the molecule is O=C(Nc1ccc(F)c(Cl)c1)Nc1cccc(C(=O)c2ccc3ncc(-n4ccnc4)nc3c2)c1F. The second-order valence-corrected chi connectivity index (χ2v) is 8.01. The number of nitrogens with zero attached hydrogens (tertiary/aromatic N) is 4. The Morgan fingerprint density at radius 3 is 2.61 bits per heavy atom. The van der Waals surface area contributed by atoms with E-state index in [1.807, 2.05) is 0 Å². The van der Waals surface area contributed by atoms with E-state index < -0.39 is 23.4 Å². The highest BCUT2D eigenvalue weighted by Gasteiger charge is 2.19. The molecule has 36 heavy (non-hydrogen) atoms. The van der Waals surface area contributed by atoms with Crippen LogP contribution in [0.5, 0.6) is 0 Å². The average molecular weight is 505 g/mol. The van der Waals surface area contributed by atoms with Crippen LogP contribution in [0.25, 0.3) is 16.9 Å². The molecular weight excluding hydrogens is 490 g/mol. The molecule has 2 heterocycles. The number of nitrogens with one attached hydrogen (secondary N) is 2. The molecule has 2 N–H and O–H groups in total. The van der Waals surface area contributed by atoms with Crippen LogP contribution < -0.4 is 10.6 Å². The summed E-state index contributed by atoms with van der Waals surface area (Å²) in [6, 6.07) is 11.6. The van der Waals surface area contributed by atoms with E-state index in [-0.39, 0.29) is 27.5 Å². The molecule has 0 unspecified atom stereocenters. The number of ketones is 1. The molecule has 0 saturated heterocycles. The first-order valence-electron chi connectivity index (χ1n) is 10.5. The van der Waals surface area contributed by atoms with Gasteiger partial charge < -0.3 is 10.6 Å². The fraction of sp³-hybridized carbons (Fsp3) is 0. The molecule has 0 spiro atoms. The minimum absolute atomic E-state index is 0.177. The third-order valence-corrected chi connectivity index (χ3v) is 5.52. The smallest absolute Gasteiger partial charge is 0.308 e. The van der Waals surface area contributed by atoms with Crippen molar-refractivity contribution in [2.75, 3.05) is 10.6 Å². The monoisotopic (exact) mass is 504 g/mol. The maximum Gasteiger partial charge on any atom is 0.323 e. The summed E-state index contributed by atoms with van der Waals surface area (Å²) in [5, 5.41) is 4.60. The van der Waals surface area contributed by atoms with Crippen LogP contribution >= 0.6 is 11.6 Å². The third kappa shape index (κ3) is 4.62. The lowest BCUT2D eigenvalue weighted by atomic mass is 10.0. The molecule has 0 saturated carbocycles. The van der Waals surface area contributed by atoms with Gasteiger partial charge in [-0.3, -0.25) is 14.3 Å². The number of carbonyl (C=O) groups excluding carboxylic acids is 2. The van der Waals surface area contributed by atoms with Gasteiger partial charge in [-0.25, -0.2) is 23.5 Å². The number of halogens is 3. The van der Waals surface area contributed by atoms with Crippen LogP contribution in [0.15, 0.2) is 79.5 Å². The molecule has 5 rings (SSSR count). The first kappa shape index (κ1) is 23.1. The number of benzene rings is 3. The van der Waals surface area contributed by atoms with Gasteiger partial charge in [0.05, 0.1) is 33.5 Å². The molecule has 0 aliphatic carbocycles. The highest BCUT2D eigenvalue weighted by atomic mass is 35.5. The van der Waals surface area contributed by atoms with Crippen molar-refractivity contribution in [3.05, 3.63) is 107 Å². The Hall–Kier alpha value is -4.70. The molecule has 5 aromatic rings. The van der Waals surface area contributed by atoms with Gasteiger partial charge in [0.1, 0.15) is 12.1 Å². The highest BCUT2D eigenvalue weighted by molar-refractivity contribution is 6.31. The molecule has 0 fully saturated rings. The Bertz CT molecular complexity index is 1630. The Morgan fingerprint density at radius 2 is 1.83 bits per heavy atom. The summed E-state index contributed by atoms with van der Waals surface area (Å²) in [5.74, 6) is -1.64. The van der Waals surface area contributed by atoms with Gasteiger partial charge in [-0.1, -0.05) is 17.7 Å². The lowest BCUT2D eigenvalue weighted by molar-refractivity contribution is 0.103. The van der Waals surface area contributed by atoms with Crippen molar-refractivity contribution in [1.82, 2.24) is 19.5 Å². The van der Waals surface area contributed by atoms with Crippen LogP contribution in [-0.2, 0) is 0 Å². The molecule has 0 radical (unpaired) electrons. The minimum atomic E-state index is -0.909. The van der Waals surface area contributed by atoms with Crippen molar-refractivity contribution >= 4 is 45.8 Å². The zero-order chi connectivity index (χ0) is 25.2. The van der Waals surface area contributed by atoms with E-state index in [1.54, 1.807) is 35.6 Å². The summed E-state index contributed by atoms with van der Waals surface area (Å²) >= 11 is 5.71. The Morgan fingerprint density at radius 1 is 0.972 bits per heavy atom. The lowest BCUT2D eigenvalue weighted by Gasteiger charge is -2.11.